The summed E-state index contributed by atoms with van der Waals surface area (Å²) in [6.07, 6.45) is 5.07. The van der Waals surface area contributed by atoms with E-state index in [4.69, 9.17) is 0 Å². The van der Waals surface area contributed by atoms with Crippen molar-refractivity contribution >= 4 is 0 Å². The van der Waals surface area contributed by atoms with Gasteiger partial charge in [0.2, 0.25) is 0 Å². The molecule has 0 amide bonds. The molecule has 100 valence electrons. The van der Waals surface area contributed by atoms with Gasteiger partial charge in [-0.2, -0.15) is 0 Å². The van der Waals surface area contributed by atoms with Gasteiger partial charge in [-0.25, -0.2) is 8.78 Å². The molecule has 0 bridgehead atoms. The smallest absolute Gasteiger partial charge is 0.128 e. The quantitative estimate of drug-likeness (QED) is 0.848. The first-order valence-corrected chi connectivity index (χ1v) is 6.79. The molecule has 0 aliphatic heterocycles. The SMILES string of the molecule is CC(N[C@H](C)C1CCCC1)c1cc(F)ccc1F. The Balaban J connectivity index is 2.02. The van der Waals surface area contributed by atoms with E-state index in [1.807, 2.05) is 6.92 Å². The van der Waals surface area contributed by atoms with Crippen molar-refractivity contribution in [1.82, 2.24) is 5.32 Å². The van der Waals surface area contributed by atoms with Gasteiger partial charge in [0.15, 0.2) is 0 Å². The molecule has 1 N–H and O–H groups in total. The molecule has 1 fully saturated rings. The molecule has 1 aromatic rings. The molecule has 1 aromatic carbocycles. The van der Waals surface area contributed by atoms with Crippen molar-refractivity contribution in [3.8, 4) is 0 Å². The monoisotopic (exact) mass is 253 g/mol. The molecule has 0 heterocycles. The van der Waals surface area contributed by atoms with E-state index in [1.165, 1.54) is 37.8 Å². The molecular weight excluding hydrogens is 232 g/mol. The second kappa shape index (κ2) is 5.79. The van der Waals surface area contributed by atoms with E-state index in [0.29, 0.717) is 17.5 Å². The van der Waals surface area contributed by atoms with E-state index in [2.05, 4.69) is 12.2 Å². The number of nitrogens with one attached hydrogen (secondary N) is 1. The number of halogens is 2. The lowest BCUT2D eigenvalue weighted by atomic mass is 9.97. The van der Waals surface area contributed by atoms with Crippen molar-refractivity contribution in [2.24, 2.45) is 5.92 Å². The van der Waals surface area contributed by atoms with Crippen molar-refractivity contribution < 1.29 is 8.78 Å². The zero-order valence-electron chi connectivity index (χ0n) is 11.0. The average Bonchev–Trinajstić information content (AvgIpc) is 2.85. The third-order valence-electron chi connectivity index (χ3n) is 4.04. The molecule has 0 aromatic heterocycles. The summed E-state index contributed by atoms with van der Waals surface area (Å²) in [6.45, 7) is 4.03. The van der Waals surface area contributed by atoms with Crippen LogP contribution >= 0.6 is 0 Å². The van der Waals surface area contributed by atoms with Gasteiger partial charge in [0.1, 0.15) is 11.6 Å². The van der Waals surface area contributed by atoms with E-state index in [0.717, 1.165) is 6.07 Å². The molecule has 1 unspecified atom stereocenters. The largest absolute Gasteiger partial charge is 0.307 e. The highest BCUT2D eigenvalue weighted by atomic mass is 19.1. The fraction of sp³-hybridized carbons (Fsp3) is 0.600. The summed E-state index contributed by atoms with van der Waals surface area (Å²) < 4.78 is 26.8. The van der Waals surface area contributed by atoms with Crippen molar-refractivity contribution in [2.45, 2.75) is 51.6 Å². The lowest BCUT2D eigenvalue weighted by molar-refractivity contribution is 0.348. The van der Waals surface area contributed by atoms with Crippen LogP contribution < -0.4 is 5.32 Å². The van der Waals surface area contributed by atoms with E-state index < -0.39 is 0 Å². The Morgan fingerprint density at radius 2 is 1.83 bits per heavy atom. The van der Waals surface area contributed by atoms with Crippen molar-refractivity contribution in [1.29, 1.82) is 0 Å². The first-order valence-electron chi connectivity index (χ1n) is 6.79. The minimum atomic E-state index is -0.381. The Morgan fingerprint density at radius 1 is 1.17 bits per heavy atom. The highest BCUT2D eigenvalue weighted by molar-refractivity contribution is 5.21. The molecule has 3 heteroatoms. The summed E-state index contributed by atoms with van der Waals surface area (Å²) >= 11 is 0. The van der Waals surface area contributed by atoms with Crippen LogP contribution in [-0.4, -0.2) is 6.04 Å². The molecule has 2 rings (SSSR count). The first-order chi connectivity index (χ1) is 8.58. The third-order valence-corrected chi connectivity index (χ3v) is 4.04. The van der Waals surface area contributed by atoms with E-state index in [9.17, 15) is 8.78 Å². The van der Waals surface area contributed by atoms with Crippen LogP contribution in [0.15, 0.2) is 18.2 Å². The maximum absolute atomic E-state index is 13.6. The highest BCUT2D eigenvalue weighted by Crippen LogP contribution is 2.29. The van der Waals surface area contributed by atoms with Crippen LogP contribution in [0.5, 0.6) is 0 Å². The molecule has 1 nitrogen and oxygen atoms in total. The standard InChI is InChI=1S/C15H21F2N/c1-10(12-5-3-4-6-12)18-11(2)14-9-13(16)7-8-15(14)17/h7-12,18H,3-6H2,1-2H3/t10-,11?/m1/s1. The summed E-state index contributed by atoms with van der Waals surface area (Å²) in [4.78, 5) is 0. The van der Waals surface area contributed by atoms with Crippen LogP contribution in [0.1, 0.15) is 51.1 Å². The van der Waals surface area contributed by atoms with Gasteiger partial charge < -0.3 is 5.32 Å². The van der Waals surface area contributed by atoms with E-state index in [1.54, 1.807) is 0 Å². The maximum atomic E-state index is 13.6. The third kappa shape index (κ3) is 3.08. The minimum Gasteiger partial charge on any atom is -0.307 e. The predicted octanol–water partition coefficient (Wildman–Crippen LogP) is 4.19. The summed E-state index contributed by atoms with van der Waals surface area (Å²) in [5, 5.41) is 3.40. The van der Waals surface area contributed by atoms with Gasteiger partial charge in [-0.15, -0.1) is 0 Å². The van der Waals surface area contributed by atoms with Gasteiger partial charge in [-0.1, -0.05) is 12.8 Å². The molecule has 18 heavy (non-hydrogen) atoms. The normalized spacial score (nSPS) is 20.0. The lowest BCUT2D eigenvalue weighted by Crippen LogP contribution is -2.34. The first kappa shape index (κ1) is 13.5. The van der Waals surface area contributed by atoms with Crippen molar-refractivity contribution in [2.75, 3.05) is 0 Å². The van der Waals surface area contributed by atoms with Crippen LogP contribution in [0, 0.1) is 17.6 Å². The fourth-order valence-corrected chi connectivity index (χ4v) is 2.92. The molecule has 0 spiro atoms. The zero-order chi connectivity index (χ0) is 13.1. The van der Waals surface area contributed by atoms with Crippen molar-refractivity contribution in [3.05, 3.63) is 35.4 Å². The topological polar surface area (TPSA) is 12.0 Å². The Bertz CT molecular complexity index is 399. The number of hydrogen-bond acceptors (Lipinski definition) is 1. The molecule has 0 saturated heterocycles. The van der Waals surface area contributed by atoms with Crippen LogP contribution in [0.4, 0.5) is 8.78 Å². The summed E-state index contributed by atoms with van der Waals surface area (Å²) in [5.41, 5.74) is 0.417. The maximum Gasteiger partial charge on any atom is 0.128 e. The fourth-order valence-electron chi connectivity index (χ4n) is 2.92. The van der Waals surface area contributed by atoms with Gasteiger partial charge in [-0.05, 0) is 50.8 Å². The number of benzene rings is 1. The Labute approximate surface area is 108 Å². The number of rotatable bonds is 4. The molecular formula is C15H21F2N. The lowest BCUT2D eigenvalue weighted by Gasteiger charge is -2.25. The Hall–Kier alpha value is -0.960. The van der Waals surface area contributed by atoms with Gasteiger partial charge in [0.25, 0.3) is 0 Å². The Morgan fingerprint density at radius 3 is 2.50 bits per heavy atom. The molecule has 1 saturated carbocycles. The van der Waals surface area contributed by atoms with Crippen LogP contribution in [0.25, 0.3) is 0 Å². The Kier molecular flexibility index (Phi) is 4.33. The second-order valence-corrected chi connectivity index (χ2v) is 5.39. The van der Waals surface area contributed by atoms with E-state index >= 15 is 0 Å². The van der Waals surface area contributed by atoms with Crippen molar-refractivity contribution in [3.63, 3.8) is 0 Å². The summed E-state index contributed by atoms with van der Waals surface area (Å²) in [7, 11) is 0. The van der Waals surface area contributed by atoms with Crippen LogP contribution in [0.2, 0.25) is 0 Å². The highest BCUT2D eigenvalue weighted by Gasteiger charge is 2.23. The van der Waals surface area contributed by atoms with Gasteiger partial charge >= 0.3 is 0 Å². The van der Waals surface area contributed by atoms with Gasteiger partial charge in [-0.3, -0.25) is 0 Å². The molecule has 2 atom stereocenters. The van der Waals surface area contributed by atoms with E-state index in [-0.39, 0.29) is 17.7 Å². The average molecular weight is 253 g/mol. The second-order valence-electron chi connectivity index (χ2n) is 5.39. The zero-order valence-corrected chi connectivity index (χ0v) is 11.0. The molecule has 1 aliphatic carbocycles. The van der Waals surface area contributed by atoms with Crippen LogP contribution in [-0.2, 0) is 0 Å². The minimum absolute atomic E-state index is 0.156. The molecule has 0 radical (unpaired) electrons. The summed E-state index contributed by atoms with van der Waals surface area (Å²) in [6, 6.07) is 3.84. The van der Waals surface area contributed by atoms with Gasteiger partial charge in [0, 0.05) is 17.6 Å². The van der Waals surface area contributed by atoms with Gasteiger partial charge in [0.05, 0.1) is 0 Å². The molecule has 1 aliphatic rings. The summed E-state index contributed by atoms with van der Waals surface area (Å²) in [5.74, 6) is -0.0485. The number of hydrogen-bond donors (Lipinski definition) is 1. The predicted molar refractivity (Wildman–Crippen MR) is 69.3 cm³/mol. The van der Waals surface area contributed by atoms with Crippen LogP contribution in [0.3, 0.4) is 0 Å².